The van der Waals surface area contributed by atoms with E-state index in [-0.39, 0.29) is 5.91 Å². The highest BCUT2D eigenvalue weighted by Crippen LogP contribution is 2.26. The van der Waals surface area contributed by atoms with Crippen molar-refractivity contribution >= 4 is 11.7 Å². The van der Waals surface area contributed by atoms with E-state index in [1.807, 2.05) is 11.8 Å². The van der Waals surface area contributed by atoms with Crippen LogP contribution in [0.3, 0.4) is 0 Å². The third kappa shape index (κ3) is 2.29. The summed E-state index contributed by atoms with van der Waals surface area (Å²) in [5.41, 5.74) is 5.48. The SMILES string of the molecule is CCN(C(=O)Cn1cnc(N)c1)C1CC1. The topological polar surface area (TPSA) is 64.2 Å². The van der Waals surface area contributed by atoms with Crippen molar-refractivity contribution in [2.24, 2.45) is 0 Å². The van der Waals surface area contributed by atoms with Gasteiger partial charge in [0.1, 0.15) is 12.4 Å². The van der Waals surface area contributed by atoms with Crippen LogP contribution in [-0.4, -0.2) is 32.9 Å². The highest BCUT2D eigenvalue weighted by Gasteiger charge is 2.31. The van der Waals surface area contributed by atoms with Crippen LogP contribution in [0, 0.1) is 0 Å². The van der Waals surface area contributed by atoms with Crippen LogP contribution in [0.4, 0.5) is 5.82 Å². The molecule has 1 heterocycles. The Morgan fingerprint density at radius 3 is 2.93 bits per heavy atom. The Bertz CT molecular complexity index is 356. The molecule has 0 bridgehead atoms. The quantitative estimate of drug-likeness (QED) is 0.782. The summed E-state index contributed by atoms with van der Waals surface area (Å²) in [7, 11) is 0. The van der Waals surface area contributed by atoms with E-state index < -0.39 is 0 Å². The number of imidazole rings is 1. The lowest BCUT2D eigenvalue weighted by molar-refractivity contribution is -0.132. The van der Waals surface area contributed by atoms with Crippen LogP contribution in [0.2, 0.25) is 0 Å². The van der Waals surface area contributed by atoms with Gasteiger partial charge >= 0.3 is 0 Å². The number of nitrogen functional groups attached to an aromatic ring is 1. The highest BCUT2D eigenvalue weighted by molar-refractivity contribution is 5.76. The molecule has 1 aliphatic carbocycles. The number of carbonyl (C=O) groups is 1. The van der Waals surface area contributed by atoms with Crippen molar-refractivity contribution in [2.45, 2.75) is 32.4 Å². The van der Waals surface area contributed by atoms with Crippen molar-refractivity contribution in [1.82, 2.24) is 14.5 Å². The van der Waals surface area contributed by atoms with Crippen molar-refractivity contribution in [3.8, 4) is 0 Å². The van der Waals surface area contributed by atoms with Gasteiger partial charge in [-0.05, 0) is 19.8 Å². The van der Waals surface area contributed by atoms with E-state index >= 15 is 0 Å². The molecule has 0 aromatic carbocycles. The first-order valence-electron chi connectivity index (χ1n) is 5.27. The molecule has 5 heteroatoms. The van der Waals surface area contributed by atoms with Gasteiger partial charge in [-0.3, -0.25) is 4.79 Å². The summed E-state index contributed by atoms with van der Waals surface area (Å²) in [6, 6.07) is 0.475. The van der Waals surface area contributed by atoms with Crippen LogP contribution in [0.25, 0.3) is 0 Å². The zero-order valence-corrected chi connectivity index (χ0v) is 8.89. The smallest absolute Gasteiger partial charge is 0.242 e. The second-order valence-electron chi connectivity index (χ2n) is 3.88. The first-order valence-corrected chi connectivity index (χ1v) is 5.27. The molecule has 2 N–H and O–H groups in total. The maximum atomic E-state index is 11.9. The lowest BCUT2D eigenvalue weighted by Crippen LogP contribution is -2.35. The number of aromatic nitrogens is 2. The molecule has 1 aromatic rings. The molecule has 0 spiro atoms. The minimum atomic E-state index is 0.150. The number of likely N-dealkylation sites (N-methyl/N-ethyl adjacent to an activating group) is 1. The van der Waals surface area contributed by atoms with E-state index in [0.29, 0.717) is 18.4 Å². The summed E-state index contributed by atoms with van der Waals surface area (Å²) >= 11 is 0. The summed E-state index contributed by atoms with van der Waals surface area (Å²) < 4.78 is 1.72. The van der Waals surface area contributed by atoms with E-state index in [9.17, 15) is 4.79 Å². The second-order valence-corrected chi connectivity index (χ2v) is 3.88. The number of hydrogen-bond acceptors (Lipinski definition) is 3. The number of nitrogens with zero attached hydrogens (tertiary/aromatic N) is 3. The van der Waals surface area contributed by atoms with Gasteiger partial charge in [0.25, 0.3) is 0 Å². The van der Waals surface area contributed by atoms with Crippen LogP contribution < -0.4 is 5.73 Å². The van der Waals surface area contributed by atoms with Gasteiger partial charge < -0.3 is 15.2 Å². The van der Waals surface area contributed by atoms with Crippen molar-refractivity contribution in [1.29, 1.82) is 0 Å². The number of anilines is 1. The molecule has 1 aliphatic rings. The molecule has 0 aliphatic heterocycles. The summed E-state index contributed by atoms with van der Waals surface area (Å²) in [5, 5.41) is 0. The fraction of sp³-hybridized carbons (Fsp3) is 0.600. The molecule has 1 amide bonds. The van der Waals surface area contributed by atoms with Gasteiger partial charge in [0.05, 0.1) is 6.33 Å². The molecular formula is C10H16N4O. The largest absolute Gasteiger partial charge is 0.382 e. The zero-order valence-electron chi connectivity index (χ0n) is 8.89. The monoisotopic (exact) mass is 208 g/mol. The summed E-state index contributed by atoms with van der Waals surface area (Å²) in [6.07, 6.45) is 5.56. The van der Waals surface area contributed by atoms with Crippen molar-refractivity contribution in [3.05, 3.63) is 12.5 Å². The molecule has 0 saturated heterocycles. The molecule has 0 atom stereocenters. The van der Waals surface area contributed by atoms with Crippen LogP contribution in [0.15, 0.2) is 12.5 Å². The van der Waals surface area contributed by atoms with E-state index in [1.165, 1.54) is 0 Å². The van der Waals surface area contributed by atoms with Gasteiger partial charge in [0, 0.05) is 18.8 Å². The van der Waals surface area contributed by atoms with Crippen molar-refractivity contribution < 1.29 is 4.79 Å². The normalized spacial score (nSPS) is 15.3. The van der Waals surface area contributed by atoms with E-state index in [4.69, 9.17) is 5.73 Å². The maximum Gasteiger partial charge on any atom is 0.242 e. The van der Waals surface area contributed by atoms with E-state index in [2.05, 4.69) is 4.98 Å². The summed E-state index contributed by atoms with van der Waals surface area (Å²) in [5.74, 6) is 0.606. The van der Waals surface area contributed by atoms with Crippen LogP contribution in [0.5, 0.6) is 0 Å². The van der Waals surface area contributed by atoms with Gasteiger partial charge in [-0.15, -0.1) is 0 Å². The Hall–Kier alpha value is -1.52. The maximum absolute atomic E-state index is 11.9. The highest BCUT2D eigenvalue weighted by atomic mass is 16.2. The fourth-order valence-electron chi connectivity index (χ4n) is 1.74. The Balaban J connectivity index is 1.95. The van der Waals surface area contributed by atoms with Crippen LogP contribution in [0.1, 0.15) is 19.8 Å². The third-order valence-electron chi connectivity index (χ3n) is 2.62. The van der Waals surface area contributed by atoms with Gasteiger partial charge in [0.15, 0.2) is 0 Å². The van der Waals surface area contributed by atoms with Crippen LogP contribution >= 0.6 is 0 Å². The average Bonchev–Trinajstić information content (AvgIpc) is 2.93. The van der Waals surface area contributed by atoms with Crippen LogP contribution in [-0.2, 0) is 11.3 Å². The molecule has 5 nitrogen and oxygen atoms in total. The molecular weight excluding hydrogens is 192 g/mol. The molecule has 0 radical (unpaired) electrons. The molecule has 1 aromatic heterocycles. The standard InChI is InChI=1S/C10H16N4O/c1-2-14(8-3-4-8)10(15)6-13-5-9(11)12-7-13/h5,7-8H,2-4,6,11H2,1H3. The number of rotatable bonds is 4. The van der Waals surface area contributed by atoms with Crippen molar-refractivity contribution in [2.75, 3.05) is 12.3 Å². The Labute approximate surface area is 88.9 Å². The van der Waals surface area contributed by atoms with Gasteiger partial charge in [-0.25, -0.2) is 4.98 Å². The lowest BCUT2D eigenvalue weighted by atomic mass is 10.4. The first-order chi connectivity index (χ1) is 7.20. The predicted molar refractivity (Wildman–Crippen MR) is 57.0 cm³/mol. The molecule has 15 heavy (non-hydrogen) atoms. The Morgan fingerprint density at radius 2 is 2.47 bits per heavy atom. The minimum Gasteiger partial charge on any atom is -0.382 e. The van der Waals surface area contributed by atoms with Gasteiger partial charge in [-0.1, -0.05) is 0 Å². The van der Waals surface area contributed by atoms with Gasteiger partial charge in [0.2, 0.25) is 5.91 Å². The molecule has 82 valence electrons. The summed E-state index contributed by atoms with van der Waals surface area (Å²) in [4.78, 5) is 17.7. The van der Waals surface area contributed by atoms with Gasteiger partial charge in [-0.2, -0.15) is 0 Å². The predicted octanol–water partition coefficient (Wildman–Crippen LogP) is 0.476. The number of hydrogen-bond donors (Lipinski definition) is 1. The van der Waals surface area contributed by atoms with E-state index in [1.54, 1.807) is 17.1 Å². The number of carbonyl (C=O) groups excluding carboxylic acids is 1. The minimum absolute atomic E-state index is 0.150. The first kappa shape index (κ1) is 10.0. The zero-order chi connectivity index (χ0) is 10.8. The second kappa shape index (κ2) is 3.92. The molecule has 0 unspecified atom stereocenters. The molecule has 1 fully saturated rings. The fourth-order valence-corrected chi connectivity index (χ4v) is 1.74. The molecule has 1 saturated carbocycles. The lowest BCUT2D eigenvalue weighted by Gasteiger charge is -2.20. The van der Waals surface area contributed by atoms with E-state index in [0.717, 1.165) is 19.4 Å². The third-order valence-corrected chi connectivity index (χ3v) is 2.62. The average molecular weight is 208 g/mol. The Morgan fingerprint density at radius 1 is 1.73 bits per heavy atom. The molecule has 2 rings (SSSR count). The number of nitrogens with two attached hydrogens (primary N) is 1. The summed E-state index contributed by atoms with van der Waals surface area (Å²) in [6.45, 7) is 3.14. The Kier molecular flexibility index (Phi) is 2.62. The van der Waals surface area contributed by atoms with Crippen molar-refractivity contribution in [3.63, 3.8) is 0 Å². The number of amides is 1.